The summed E-state index contributed by atoms with van der Waals surface area (Å²) in [6.07, 6.45) is -0.210. The van der Waals surface area contributed by atoms with Gasteiger partial charge in [0.25, 0.3) is 0 Å². The van der Waals surface area contributed by atoms with Crippen molar-refractivity contribution in [3.8, 4) is 0 Å². The molecule has 0 aliphatic carbocycles. The highest BCUT2D eigenvalue weighted by Crippen LogP contribution is 2.48. The van der Waals surface area contributed by atoms with Crippen molar-refractivity contribution in [1.82, 2.24) is 0 Å². The average Bonchev–Trinajstić information content (AvgIpc) is 3.34. The Morgan fingerprint density at radius 1 is 0.767 bits per heavy atom. The van der Waals surface area contributed by atoms with Crippen LogP contribution < -0.4 is 0 Å². The largest absolute Gasteiger partial charge is 0.447 e. The molecule has 10 nitrogen and oxygen atoms in total. The zero-order valence-corrected chi connectivity index (χ0v) is 24.7. The summed E-state index contributed by atoms with van der Waals surface area (Å²) in [6.45, 7) is 3.33. The van der Waals surface area contributed by atoms with E-state index in [0.717, 1.165) is 0 Å². The number of benzene rings is 3. The first-order chi connectivity index (χ1) is 20.8. The molecule has 1 saturated heterocycles. The van der Waals surface area contributed by atoms with Crippen molar-refractivity contribution in [2.24, 2.45) is 0 Å². The molecule has 1 aliphatic rings. The van der Waals surface area contributed by atoms with Gasteiger partial charge in [-0.1, -0.05) is 60.7 Å². The second-order valence-corrected chi connectivity index (χ2v) is 11.5. The second-order valence-electron chi connectivity index (χ2n) is 9.38. The lowest BCUT2D eigenvalue weighted by Gasteiger charge is -2.31. The predicted octanol–water partition coefficient (Wildman–Crippen LogP) is 5.84. The summed E-state index contributed by atoms with van der Waals surface area (Å²) in [5, 5.41) is 0. The number of carbonyl (C=O) groups is 3. The zero-order valence-electron chi connectivity index (χ0n) is 23.8. The van der Waals surface area contributed by atoms with E-state index in [-0.39, 0.29) is 42.7 Å². The molecule has 0 aromatic heterocycles. The smallest absolute Gasteiger partial charge is 0.340 e. The molecule has 11 heteroatoms. The molecule has 0 radical (unpaired) electrons. The third-order valence-electron chi connectivity index (χ3n) is 6.35. The fraction of sp³-hybridized carbons (Fsp3) is 0.281. The number of allylic oxidation sites excluding steroid dienone is 1. The first-order valence-corrected chi connectivity index (χ1v) is 15.5. The van der Waals surface area contributed by atoms with Crippen LogP contribution in [0, 0.1) is 0 Å². The third-order valence-corrected chi connectivity index (χ3v) is 8.31. The normalized spacial score (nSPS) is 20.0. The standard InChI is InChI=1S/C32H33O10P/c1-3-38-43(36,39-4-2)22-14-21-32(42-30(35)26-19-12-7-13-20-26)23-37-31(41-29(34)25-17-10-6-11-18-25)27(32)40-28(33)24-15-8-5-9-16-24/h5-21,27,31H,3-4,22-23H2,1-2H3/b21-14+/t27-,31-,32+/m0/s1. The minimum absolute atomic E-state index is 0.150. The number of ether oxygens (including phenoxy) is 4. The molecule has 4 rings (SSSR count). The van der Waals surface area contributed by atoms with E-state index in [4.69, 9.17) is 28.0 Å². The highest BCUT2D eigenvalue weighted by atomic mass is 31.2. The summed E-state index contributed by atoms with van der Waals surface area (Å²) >= 11 is 0. The Bertz CT molecular complexity index is 1430. The molecule has 3 aromatic carbocycles. The van der Waals surface area contributed by atoms with Gasteiger partial charge in [-0.2, -0.15) is 0 Å². The van der Waals surface area contributed by atoms with Gasteiger partial charge in [0, 0.05) is 0 Å². The lowest BCUT2D eigenvalue weighted by Crippen LogP contribution is -2.49. The van der Waals surface area contributed by atoms with Crippen LogP contribution in [0.2, 0.25) is 0 Å². The molecular formula is C32H33O10P. The van der Waals surface area contributed by atoms with Crippen LogP contribution in [-0.2, 0) is 32.6 Å². The van der Waals surface area contributed by atoms with Gasteiger partial charge < -0.3 is 28.0 Å². The molecule has 0 unspecified atom stereocenters. The molecule has 0 amide bonds. The number of hydrogen-bond donors (Lipinski definition) is 0. The molecule has 3 atom stereocenters. The van der Waals surface area contributed by atoms with Gasteiger partial charge in [-0.25, -0.2) is 14.4 Å². The van der Waals surface area contributed by atoms with Crippen LogP contribution in [0.4, 0.5) is 0 Å². The SMILES string of the molecule is CCOP(=O)(C/C=C/[C@@]1(OC(=O)c2ccccc2)CO[C@@H](OC(=O)c2ccccc2)[C@@H]1OC(=O)c1ccccc1)OCC. The molecule has 43 heavy (non-hydrogen) atoms. The van der Waals surface area contributed by atoms with Gasteiger partial charge in [-0.05, 0) is 56.3 Å². The van der Waals surface area contributed by atoms with Crippen LogP contribution in [0.1, 0.15) is 44.9 Å². The van der Waals surface area contributed by atoms with Crippen LogP contribution in [0.3, 0.4) is 0 Å². The van der Waals surface area contributed by atoms with Crippen LogP contribution in [0.5, 0.6) is 0 Å². The van der Waals surface area contributed by atoms with Gasteiger partial charge >= 0.3 is 25.5 Å². The highest BCUT2D eigenvalue weighted by molar-refractivity contribution is 7.54. The van der Waals surface area contributed by atoms with E-state index >= 15 is 0 Å². The average molecular weight is 609 g/mol. The van der Waals surface area contributed by atoms with Gasteiger partial charge in [-0.15, -0.1) is 0 Å². The third kappa shape index (κ3) is 8.27. The molecule has 1 heterocycles. The fourth-order valence-corrected chi connectivity index (χ4v) is 5.79. The van der Waals surface area contributed by atoms with Gasteiger partial charge in [0.05, 0.1) is 42.7 Å². The van der Waals surface area contributed by atoms with Crippen molar-refractivity contribution in [3.05, 3.63) is 120 Å². The van der Waals surface area contributed by atoms with E-state index in [1.165, 1.54) is 12.2 Å². The Morgan fingerprint density at radius 3 is 1.72 bits per heavy atom. The van der Waals surface area contributed by atoms with Crippen molar-refractivity contribution >= 4 is 25.5 Å². The molecule has 0 spiro atoms. The van der Waals surface area contributed by atoms with Crippen LogP contribution >= 0.6 is 7.60 Å². The number of carbonyl (C=O) groups excluding carboxylic acids is 3. The molecule has 226 valence electrons. The fourth-order valence-electron chi connectivity index (χ4n) is 4.36. The highest BCUT2D eigenvalue weighted by Gasteiger charge is 2.56. The van der Waals surface area contributed by atoms with Gasteiger partial charge in [0.15, 0.2) is 5.60 Å². The summed E-state index contributed by atoms with van der Waals surface area (Å²) < 4.78 is 47.3. The minimum Gasteiger partial charge on any atom is -0.447 e. The summed E-state index contributed by atoms with van der Waals surface area (Å²) in [5.41, 5.74) is -1.11. The Morgan fingerprint density at radius 2 is 1.23 bits per heavy atom. The molecule has 1 fully saturated rings. The lowest BCUT2D eigenvalue weighted by molar-refractivity contribution is -0.129. The maximum Gasteiger partial charge on any atom is 0.340 e. The van der Waals surface area contributed by atoms with Crippen molar-refractivity contribution < 1.29 is 46.9 Å². The van der Waals surface area contributed by atoms with Crippen molar-refractivity contribution in [3.63, 3.8) is 0 Å². The van der Waals surface area contributed by atoms with Gasteiger partial charge in [-0.3, -0.25) is 4.57 Å². The van der Waals surface area contributed by atoms with Crippen LogP contribution in [0.25, 0.3) is 0 Å². The van der Waals surface area contributed by atoms with E-state index in [9.17, 15) is 18.9 Å². The number of hydrogen-bond acceptors (Lipinski definition) is 10. The maximum absolute atomic E-state index is 13.4. The maximum atomic E-state index is 13.4. The van der Waals surface area contributed by atoms with E-state index in [2.05, 4.69) is 0 Å². The Kier molecular flexibility index (Phi) is 11.0. The van der Waals surface area contributed by atoms with Gasteiger partial charge in [0.1, 0.15) is 0 Å². The summed E-state index contributed by atoms with van der Waals surface area (Å²) in [5.74, 6) is -2.25. The summed E-state index contributed by atoms with van der Waals surface area (Å²) in [7, 11) is -3.53. The molecule has 0 bridgehead atoms. The monoisotopic (exact) mass is 608 g/mol. The molecule has 3 aromatic rings. The Hall–Kier alpha value is -4.08. The first kappa shape index (κ1) is 31.8. The van der Waals surface area contributed by atoms with Crippen molar-refractivity contribution in [1.29, 1.82) is 0 Å². The summed E-state index contributed by atoms with van der Waals surface area (Å²) in [6, 6.07) is 24.6. The number of rotatable bonds is 13. The summed E-state index contributed by atoms with van der Waals surface area (Å²) in [4.78, 5) is 39.6. The lowest BCUT2D eigenvalue weighted by atomic mass is 9.97. The van der Waals surface area contributed by atoms with E-state index in [1.807, 2.05) is 0 Å². The Balaban J connectivity index is 1.72. The Labute approximate surface area is 250 Å². The van der Waals surface area contributed by atoms with E-state index < -0.39 is 43.5 Å². The van der Waals surface area contributed by atoms with E-state index in [1.54, 1.807) is 105 Å². The molecular weight excluding hydrogens is 575 g/mol. The van der Waals surface area contributed by atoms with Crippen LogP contribution in [0.15, 0.2) is 103 Å². The quantitative estimate of drug-likeness (QED) is 0.101. The second kappa shape index (κ2) is 14.9. The van der Waals surface area contributed by atoms with Crippen LogP contribution in [-0.4, -0.2) is 61.9 Å². The predicted molar refractivity (Wildman–Crippen MR) is 157 cm³/mol. The van der Waals surface area contributed by atoms with Crippen molar-refractivity contribution in [2.45, 2.75) is 31.8 Å². The molecule has 0 N–H and O–H groups in total. The minimum atomic E-state index is -3.53. The van der Waals surface area contributed by atoms with Crippen molar-refractivity contribution in [2.75, 3.05) is 26.0 Å². The van der Waals surface area contributed by atoms with Gasteiger partial charge in [0.2, 0.25) is 12.4 Å². The zero-order chi connectivity index (χ0) is 30.7. The first-order valence-electron chi connectivity index (χ1n) is 13.8. The molecule has 1 aliphatic heterocycles. The topological polar surface area (TPSA) is 124 Å². The number of esters is 3. The van der Waals surface area contributed by atoms with E-state index in [0.29, 0.717) is 0 Å². The molecule has 0 saturated carbocycles.